The number of H-pyrrole nitrogens is 1. The molecule has 1 aliphatic heterocycles. The van der Waals surface area contributed by atoms with Crippen LogP contribution in [0.2, 0.25) is 0 Å². The van der Waals surface area contributed by atoms with Gasteiger partial charge in [0.2, 0.25) is 5.91 Å². The molecule has 2 aromatic heterocycles. The number of pyridine rings is 1. The van der Waals surface area contributed by atoms with Crippen molar-refractivity contribution >= 4 is 5.91 Å². The van der Waals surface area contributed by atoms with Gasteiger partial charge in [0.1, 0.15) is 5.82 Å². The average Bonchev–Trinajstić information content (AvgIpc) is 2.92. The van der Waals surface area contributed by atoms with E-state index in [-0.39, 0.29) is 23.8 Å². The first-order valence-electron chi connectivity index (χ1n) is 8.35. The third-order valence-electron chi connectivity index (χ3n) is 4.68. The van der Waals surface area contributed by atoms with E-state index in [4.69, 9.17) is 0 Å². The van der Waals surface area contributed by atoms with Crippen molar-refractivity contribution in [1.82, 2.24) is 19.9 Å². The van der Waals surface area contributed by atoms with Gasteiger partial charge in [0.05, 0.1) is 12.5 Å². The van der Waals surface area contributed by atoms with Crippen LogP contribution in [0.4, 0.5) is 0 Å². The van der Waals surface area contributed by atoms with E-state index in [0.29, 0.717) is 36.6 Å². The lowest BCUT2D eigenvalue weighted by Gasteiger charge is -2.16. The van der Waals surface area contributed by atoms with Crippen molar-refractivity contribution in [3.8, 4) is 0 Å². The van der Waals surface area contributed by atoms with E-state index >= 15 is 0 Å². The normalized spacial score (nSPS) is 20.0. The van der Waals surface area contributed by atoms with Crippen molar-refractivity contribution in [2.24, 2.45) is 5.92 Å². The van der Waals surface area contributed by atoms with Crippen molar-refractivity contribution in [3.05, 3.63) is 57.5 Å². The van der Waals surface area contributed by atoms with Crippen LogP contribution in [-0.4, -0.2) is 50.1 Å². The molecule has 2 N–H and O–H groups in total. The molecular weight excluding hydrogens is 320 g/mol. The molecule has 3 heterocycles. The quantitative estimate of drug-likeness (QED) is 0.837. The number of aromatic nitrogens is 3. The lowest BCUT2D eigenvalue weighted by atomic mass is 9.97. The minimum atomic E-state index is -0.562. The highest BCUT2D eigenvalue weighted by Gasteiger charge is 2.34. The highest BCUT2D eigenvalue weighted by molar-refractivity contribution is 5.79. The Bertz CT molecular complexity index is 819. The first kappa shape index (κ1) is 17.3. The summed E-state index contributed by atoms with van der Waals surface area (Å²) in [4.78, 5) is 37.1. The molecule has 3 rings (SSSR count). The molecule has 0 saturated carbocycles. The zero-order valence-electron chi connectivity index (χ0n) is 14.4. The summed E-state index contributed by atoms with van der Waals surface area (Å²) in [6.45, 7) is 4.22. The van der Waals surface area contributed by atoms with Crippen LogP contribution < -0.4 is 5.56 Å². The van der Waals surface area contributed by atoms with Gasteiger partial charge >= 0.3 is 0 Å². The van der Waals surface area contributed by atoms with Gasteiger partial charge in [0, 0.05) is 42.7 Å². The summed E-state index contributed by atoms with van der Waals surface area (Å²) >= 11 is 0. The van der Waals surface area contributed by atoms with Crippen LogP contribution in [0.15, 0.2) is 29.3 Å². The number of nitrogens with zero attached hydrogens (tertiary/aromatic N) is 3. The monoisotopic (exact) mass is 342 g/mol. The number of carbonyl (C=O) groups is 1. The van der Waals surface area contributed by atoms with Crippen molar-refractivity contribution in [2.45, 2.75) is 32.8 Å². The molecule has 2 aromatic rings. The largest absolute Gasteiger partial charge is 0.391 e. The SMILES string of the molecule is Cc1nc(C)c(CC(=O)N2C[C@@H](Cc3ccncc3)[C@H](O)C2)c(=O)[nH]1. The number of rotatable bonds is 4. The van der Waals surface area contributed by atoms with E-state index in [0.717, 1.165) is 5.56 Å². The Labute approximate surface area is 145 Å². The van der Waals surface area contributed by atoms with Gasteiger partial charge in [-0.2, -0.15) is 0 Å². The Morgan fingerprint density at radius 1 is 1.32 bits per heavy atom. The maximum atomic E-state index is 12.6. The zero-order chi connectivity index (χ0) is 18.0. The number of aromatic amines is 1. The molecule has 2 atom stereocenters. The summed E-state index contributed by atoms with van der Waals surface area (Å²) in [5, 5.41) is 10.3. The van der Waals surface area contributed by atoms with Crippen LogP contribution in [0.25, 0.3) is 0 Å². The number of likely N-dealkylation sites (tertiary alicyclic amines) is 1. The Morgan fingerprint density at radius 2 is 2.04 bits per heavy atom. The molecule has 0 aliphatic carbocycles. The van der Waals surface area contributed by atoms with Crippen LogP contribution in [0.1, 0.15) is 22.6 Å². The number of nitrogens with one attached hydrogen (secondary N) is 1. The summed E-state index contributed by atoms with van der Waals surface area (Å²) in [5.41, 5.74) is 1.78. The van der Waals surface area contributed by atoms with E-state index < -0.39 is 6.10 Å². The first-order chi connectivity index (χ1) is 11.9. The smallest absolute Gasteiger partial charge is 0.254 e. The van der Waals surface area contributed by atoms with Crippen molar-refractivity contribution in [3.63, 3.8) is 0 Å². The van der Waals surface area contributed by atoms with Crippen molar-refractivity contribution in [2.75, 3.05) is 13.1 Å². The molecule has 0 unspecified atom stereocenters. The van der Waals surface area contributed by atoms with Gasteiger partial charge in [-0.25, -0.2) is 4.98 Å². The molecule has 1 aliphatic rings. The van der Waals surface area contributed by atoms with Gasteiger partial charge in [-0.3, -0.25) is 14.6 Å². The predicted octanol–water partition coefficient (Wildman–Crippen LogP) is 0.386. The molecule has 0 spiro atoms. The molecule has 1 amide bonds. The van der Waals surface area contributed by atoms with Crippen LogP contribution >= 0.6 is 0 Å². The van der Waals surface area contributed by atoms with Gasteiger partial charge in [-0.15, -0.1) is 0 Å². The highest BCUT2D eigenvalue weighted by Crippen LogP contribution is 2.22. The Balaban J connectivity index is 1.67. The van der Waals surface area contributed by atoms with Crippen molar-refractivity contribution in [1.29, 1.82) is 0 Å². The highest BCUT2D eigenvalue weighted by atomic mass is 16.3. The molecule has 0 radical (unpaired) electrons. The molecular formula is C18H22N4O3. The van der Waals surface area contributed by atoms with Crippen LogP contribution in [0.5, 0.6) is 0 Å². The van der Waals surface area contributed by atoms with Gasteiger partial charge in [-0.05, 0) is 38.0 Å². The number of β-amino-alcohol motifs (C(OH)–C–C–N with tert-alkyl or cyclic N) is 1. The van der Waals surface area contributed by atoms with Gasteiger partial charge in [-0.1, -0.05) is 0 Å². The number of aryl methyl sites for hydroxylation is 2. The van der Waals surface area contributed by atoms with Gasteiger partial charge < -0.3 is 15.0 Å². The molecule has 0 bridgehead atoms. The lowest BCUT2D eigenvalue weighted by molar-refractivity contribution is -0.129. The summed E-state index contributed by atoms with van der Waals surface area (Å²) < 4.78 is 0. The summed E-state index contributed by atoms with van der Waals surface area (Å²) in [6, 6.07) is 3.83. The van der Waals surface area contributed by atoms with E-state index in [1.54, 1.807) is 31.1 Å². The zero-order valence-corrected chi connectivity index (χ0v) is 14.4. The number of carbonyl (C=O) groups excluding carboxylic acids is 1. The Hall–Kier alpha value is -2.54. The maximum Gasteiger partial charge on any atom is 0.254 e. The van der Waals surface area contributed by atoms with Crippen LogP contribution in [-0.2, 0) is 17.6 Å². The summed E-state index contributed by atoms with van der Waals surface area (Å²) in [6.07, 6.45) is 3.58. The van der Waals surface area contributed by atoms with E-state index in [1.165, 1.54) is 0 Å². The summed E-state index contributed by atoms with van der Waals surface area (Å²) in [7, 11) is 0. The fraction of sp³-hybridized carbons (Fsp3) is 0.444. The molecule has 132 valence electrons. The van der Waals surface area contributed by atoms with Crippen molar-refractivity contribution < 1.29 is 9.90 Å². The third-order valence-corrected chi connectivity index (χ3v) is 4.68. The van der Waals surface area contributed by atoms with E-state index in [1.807, 2.05) is 12.1 Å². The maximum absolute atomic E-state index is 12.6. The predicted molar refractivity (Wildman–Crippen MR) is 92.1 cm³/mol. The average molecular weight is 342 g/mol. The second-order valence-electron chi connectivity index (χ2n) is 6.58. The van der Waals surface area contributed by atoms with Gasteiger partial charge in [0.15, 0.2) is 0 Å². The van der Waals surface area contributed by atoms with E-state index in [2.05, 4.69) is 15.0 Å². The molecule has 25 heavy (non-hydrogen) atoms. The van der Waals surface area contributed by atoms with E-state index in [9.17, 15) is 14.7 Å². The minimum Gasteiger partial charge on any atom is -0.391 e. The molecule has 1 fully saturated rings. The second-order valence-corrected chi connectivity index (χ2v) is 6.58. The number of hydrogen-bond donors (Lipinski definition) is 2. The fourth-order valence-electron chi connectivity index (χ4n) is 3.30. The number of hydrogen-bond acceptors (Lipinski definition) is 5. The lowest BCUT2D eigenvalue weighted by Crippen LogP contribution is -2.33. The molecule has 0 aromatic carbocycles. The first-order valence-corrected chi connectivity index (χ1v) is 8.35. The molecule has 7 heteroatoms. The van der Waals surface area contributed by atoms with Crippen LogP contribution in [0.3, 0.4) is 0 Å². The second kappa shape index (κ2) is 7.14. The van der Waals surface area contributed by atoms with Gasteiger partial charge in [0.25, 0.3) is 5.56 Å². The third kappa shape index (κ3) is 3.93. The van der Waals surface area contributed by atoms with Crippen LogP contribution in [0, 0.1) is 19.8 Å². The number of amides is 1. The number of aliphatic hydroxyl groups excluding tert-OH is 1. The standard InChI is InChI=1S/C18H22N4O3/c1-11-15(18(25)21-12(2)20-11)8-17(24)22-9-14(16(23)10-22)7-13-3-5-19-6-4-13/h3-6,14,16,23H,7-10H2,1-2H3,(H,20,21,25)/t14-,16-/m1/s1. The molecule has 1 saturated heterocycles. The Morgan fingerprint density at radius 3 is 2.72 bits per heavy atom. The Kier molecular flexibility index (Phi) is 4.94. The fourth-order valence-corrected chi connectivity index (χ4v) is 3.30. The number of aliphatic hydroxyl groups is 1. The summed E-state index contributed by atoms with van der Waals surface area (Å²) in [5.74, 6) is 0.366. The molecule has 7 nitrogen and oxygen atoms in total. The minimum absolute atomic E-state index is 0.00312. The topological polar surface area (TPSA) is 99.2 Å².